The first-order valence-electron chi connectivity index (χ1n) is 6.11. The van der Waals surface area contributed by atoms with Crippen molar-refractivity contribution < 1.29 is 23.1 Å². The van der Waals surface area contributed by atoms with E-state index < -0.39 is 21.2 Å². The lowest BCUT2D eigenvalue weighted by atomic mass is 10.1. The average molecular weight is 311 g/mol. The molecule has 0 fully saturated rings. The molecule has 0 radical (unpaired) electrons. The van der Waals surface area contributed by atoms with E-state index >= 15 is 0 Å². The number of sulfonamides is 1. The minimum Gasteiger partial charge on any atom is -0.468 e. The van der Waals surface area contributed by atoms with Crippen LogP contribution in [-0.4, -0.2) is 38.5 Å². The molecule has 1 unspecified atom stereocenters. The fraction of sp³-hybridized carbons (Fsp3) is 0.357. The van der Waals surface area contributed by atoms with Gasteiger partial charge in [-0.05, 0) is 37.6 Å². The van der Waals surface area contributed by atoms with Crippen LogP contribution < -0.4 is 4.72 Å². The molecule has 1 aromatic rings. The predicted octanol–water partition coefficient (Wildman–Crippen LogP) is 0.642. The number of carbonyl (C=O) groups excluding carboxylic acids is 1. The van der Waals surface area contributed by atoms with Crippen molar-refractivity contribution in [1.29, 1.82) is 0 Å². The number of nitrogens with one attached hydrogen (secondary N) is 1. The van der Waals surface area contributed by atoms with E-state index in [0.717, 1.165) is 12.7 Å². The van der Waals surface area contributed by atoms with Gasteiger partial charge in [0.2, 0.25) is 10.0 Å². The molecule has 0 heterocycles. The van der Waals surface area contributed by atoms with Gasteiger partial charge in [0.25, 0.3) is 0 Å². The summed E-state index contributed by atoms with van der Waals surface area (Å²) in [5, 5.41) is 7.35. The molecule has 1 atom stereocenters. The highest BCUT2D eigenvalue weighted by molar-refractivity contribution is 7.94. The van der Waals surface area contributed by atoms with Crippen LogP contribution in [0.15, 0.2) is 18.2 Å². The van der Waals surface area contributed by atoms with E-state index in [1.807, 2.05) is 0 Å². The topological polar surface area (TPSA) is 92.7 Å². The van der Waals surface area contributed by atoms with Crippen molar-refractivity contribution in [3.05, 3.63) is 29.3 Å². The Balaban J connectivity index is 3.07. The Morgan fingerprint density at radius 2 is 2.10 bits per heavy atom. The minimum absolute atomic E-state index is 0.283. The van der Waals surface area contributed by atoms with Gasteiger partial charge in [0.1, 0.15) is 6.61 Å². The lowest BCUT2D eigenvalue weighted by Crippen LogP contribution is -2.33. The molecule has 1 aromatic carbocycles. The first-order chi connectivity index (χ1) is 9.80. The Hall–Kier alpha value is -2.04. The number of rotatable bonds is 4. The maximum Gasteiger partial charge on any atom is 0.325 e. The van der Waals surface area contributed by atoms with E-state index in [1.54, 1.807) is 19.1 Å². The van der Waals surface area contributed by atoms with Crippen molar-refractivity contribution in [2.75, 3.05) is 18.4 Å². The molecule has 114 valence electrons. The largest absolute Gasteiger partial charge is 0.468 e. The third-order valence-electron chi connectivity index (χ3n) is 2.65. The fourth-order valence-electron chi connectivity index (χ4n) is 1.60. The van der Waals surface area contributed by atoms with E-state index in [1.165, 1.54) is 13.0 Å². The number of aliphatic hydroxyl groups excluding tert-OH is 1. The highest BCUT2D eigenvalue weighted by Crippen LogP contribution is 2.17. The number of hydrogen-bond donors (Lipinski definition) is 2. The SMILES string of the molecule is COC(=O)C(C)S(=O)(=O)Nc1cc(C)cc(C#CCO)c1. The predicted molar refractivity (Wildman–Crippen MR) is 79.2 cm³/mol. The molecule has 0 spiro atoms. The van der Waals surface area contributed by atoms with E-state index in [0.29, 0.717) is 11.3 Å². The van der Waals surface area contributed by atoms with Crippen LogP contribution in [0, 0.1) is 18.8 Å². The second kappa shape index (κ2) is 7.11. The molecule has 2 N–H and O–H groups in total. The van der Waals surface area contributed by atoms with Crippen LogP contribution in [0.1, 0.15) is 18.1 Å². The third kappa shape index (κ3) is 4.77. The second-order valence-electron chi connectivity index (χ2n) is 4.36. The number of benzene rings is 1. The molecule has 0 saturated heterocycles. The molecule has 0 bridgehead atoms. The number of ether oxygens (including phenoxy) is 1. The highest BCUT2D eigenvalue weighted by atomic mass is 32.2. The highest BCUT2D eigenvalue weighted by Gasteiger charge is 2.28. The average Bonchev–Trinajstić information content (AvgIpc) is 2.42. The molecule has 21 heavy (non-hydrogen) atoms. The van der Waals surface area contributed by atoms with Crippen LogP contribution in [0.2, 0.25) is 0 Å². The maximum absolute atomic E-state index is 12.0. The van der Waals surface area contributed by atoms with Crippen molar-refractivity contribution in [2.45, 2.75) is 19.1 Å². The summed E-state index contributed by atoms with van der Waals surface area (Å²) in [7, 11) is -2.77. The molecule has 1 rings (SSSR count). The van der Waals surface area contributed by atoms with Gasteiger partial charge in [0, 0.05) is 11.3 Å². The molecule has 7 heteroatoms. The third-order valence-corrected chi connectivity index (χ3v) is 4.29. The number of methoxy groups -OCH3 is 1. The molecule has 0 aromatic heterocycles. The zero-order valence-electron chi connectivity index (χ0n) is 12.0. The Bertz CT molecular complexity index is 685. The van der Waals surface area contributed by atoms with E-state index in [2.05, 4.69) is 21.3 Å². The van der Waals surface area contributed by atoms with Gasteiger partial charge in [0.05, 0.1) is 7.11 Å². The number of carbonyl (C=O) groups is 1. The van der Waals surface area contributed by atoms with Crippen molar-refractivity contribution >= 4 is 21.7 Å². The van der Waals surface area contributed by atoms with Crippen LogP contribution in [-0.2, 0) is 19.6 Å². The first kappa shape index (κ1) is 17.0. The maximum atomic E-state index is 12.0. The molecule has 0 amide bonds. The number of hydrogen-bond acceptors (Lipinski definition) is 5. The van der Waals surface area contributed by atoms with Crippen molar-refractivity contribution in [2.24, 2.45) is 0 Å². The zero-order chi connectivity index (χ0) is 16.0. The van der Waals surface area contributed by atoms with Crippen molar-refractivity contribution in [1.82, 2.24) is 0 Å². The van der Waals surface area contributed by atoms with E-state index in [-0.39, 0.29) is 6.61 Å². The normalized spacial score (nSPS) is 12.0. The van der Waals surface area contributed by atoms with Crippen LogP contribution in [0.5, 0.6) is 0 Å². The lowest BCUT2D eigenvalue weighted by molar-refractivity contribution is -0.139. The van der Waals surface area contributed by atoms with Gasteiger partial charge < -0.3 is 9.84 Å². The summed E-state index contributed by atoms with van der Waals surface area (Å²) >= 11 is 0. The summed E-state index contributed by atoms with van der Waals surface area (Å²) in [5.41, 5.74) is 1.66. The molecular formula is C14H17NO5S. The van der Waals surface area contributed by atoms with E-state index in [4.69, 9.17) is 5.11 Å². The smallest absolute Gasteiger partial charge is 0.325 e. The van der Waals surface area contributed by atoms with Gasteiger partial charge in [0.15, 0.2) is 5.25 Å². The number of anilines is 1. The second-order valence-corrected chi connectivity index (χ2v) is 6.36. The molecule has 0 aliphatic carbocycles. The Morgan fingerprint density at radius 1 is 1.43 bits per heavy atom. The molecule has 0 saturated carbocycles. The molecular weight excluding hydrogens is 294 g/mol. The standard InChI is InChI=1S/C14H17NO5S/c1-10-7-12(5-4-6-16)9-13(8-10)15-21(18,19)11(2)14(17)20-3/h7-9,11,15-16H,6H2,1-3H3. The molecule has 6 nitrogen and oxygen atoms in total. The van der Waals surface area contributed by atoms with Gasteiger partial charge in [-0.2, -0.15) is 0 Å². The van der Waals surface area contributed by atoms with Crippen molar-refractivity contribution in [3.63, 3.8) is 0 Å². The van der Waals surface area contributed by atoms with Gasteiger partial charge in [-0.25, -0.2) is 8.42 Å². The van der Waals surface area contributed by atoms with Gasteiger partial charge in [-0.3, -0.25) is 9.52 Å². The number of aliphatic hydroxyl groups is 1. The Labute approximate surface area is 124 Å². The van der Waals surface area contributed by atoms with Crippen LogP contribution >= 0.6 is 0 Å². The van der Waals surface area contributed by atoms with Gasteiger partial charge >= 0.3 is 5.97 Å². The summed E-state index contributed by atoms with van der Waals surface area (Å²) in [6.07, 6.45) is 0. The van der Waals surface area contributed by atoms with Gasteiger partial charge in [-0.1, -0.05) is 11.8 Å². The lowest BCUT2D eigenvalue weighted by Gasteiger charge is -2.13. The van der Waals surface area contributed by atoms with Crippen LogP contribution in [0.3, 0.4) is 0 Å². The summed E-state index contributed by atoms with van der Waals surface area (Å²) < 4.78 is 30.9. The quantitative estimate of drug-likeness (QED) is 0.629. The van der Waals surface area contributed by atoms with E-state index in [9.17, 15) is 13.2 Å². The summed E-state index contributed by atoms with van der Waals surface area (Å²) in [4.78, 5) is 11.3. The number of esters is 1. The summed E-state index contributed by atoms with van der Waals surface area (Å²) in [6.45, 7) is 2.75. The molecule has 0 aliphatic rings. The van der Waals surface area contributed by atoms with Gasteiger partial charge in [-0.15, -0.1) is 0 Å². The zero-order valence-corrected chi connectivity index (χ0v) is 12.8. The molecule has 0 aliphatic heterocycles. The van der Waals surface area contributed by atoms with Crippen molar-refractivity contribution in [3.8, 4) is 11.8 Å². The fourth-order valence-corrected chi connectivity index (χ4v) is 2.57. The Kier molecular flexibility index (Phi) is 5.76. The minimum atomic E-state index is -3.90. The summed E-state index contributed by atoms with van der Waals surface area (Å²) in [6, 6.07) is 4.90. The Morgan fingerprint density at radius 3 is 2.67 bits per heavy atom. The first-order valence-corrected chi connectivity index (χ1v) is 7.65. The monoisotopic (exact) mass is 311 g/mol. The van der Waals surface area contributed by atoms with Crippen LogP contribution in [0.25, 0.3) is 0 Å². The number of aryl methyl sites for hydroxylation is 1. The summed E-state index contributed by atoms with van der Waals surface area (Å²) in [5.74, 6) is 4.35. The van der Waals surface area contributed by atoms with Crippen LogP contribution in [0.4, 0.5) is 5.69 Å².